The Morgan fingerprint density at radius 1 is 1.06 bits per heavy atom. The predicted octanol–water partition coefficient (Wildman–Crippen LogP) is 4.28. The highest BCUT2D eigenvalue weighted by atomic mass is 19.1. The van der Waals surface area contributed by atoms with Crippen molar-refractivity contribution in [2.24, 2.45) is 5.73 Å². The van der Waals surface area contributed by atoms with Crippen LogP contribution in [-0.2, 0) is 6.54 Å². The van der Waals surface area contributed by atoms with Gasteiger partial charge in [0.05, 0.1) is 11.3 Å². The highest BCUT2D eigenvalue weighted by molar-refractivity contribution is 5.98. The number of carbonyl (C=O) groups is 1. The molecule has 32 heavy (non-hydrogen) atoms. The molecule has 1 amide bonds. The molecule has 1 saturated heterocycles. The zero-order valence-corrected chi connectivity index (χ0v) is 17.5. The number of amides is 1. The largest absolute Gasteiger partial charge is 0.380 e. The molecule has 6 nitrogen and oxygen atoms in total. The minimum Gasteiger partial charge on any atom is -0.380 e. The van der Waals surface area contributed by atoms with Crippen LogP contribution in [0.2, 0.25) is 0 Å². The van der Waals surface area contributed by atoms with Crippen LogP contribution in [0.4, 0.5) is 26.0 Å². The zero-order chi connectivity index (χ0) is 22.5. The van der Waals surface area contributed by atoms with Crippen molar-refractivity contribution in [3.63, 3.8) is 0 Å². The maximum absolute atomic E-state index is 13.4. The number of hydrogen-bond donors (Lipinski definition) is 4. The van der Waals surface area contributed by atoms with E-state index in [-0.39, 0.29) is 12.1 Å². The summed E-state index contributed by atoms with van der Waals surface area (Å²) < 4.78 is 26.9. The first kappa shape index (κ1) is 21.7. The van der Waals surface area contributed by atoms with Crippen LogP contribution in [-0.4, -0.2) is 24.0 Å². The number of primary amides is 1. The Balaban J connectivity index is 1.48. The molecular formula is C24H25F2N5O. The van der Waals surface area contributed by atoms with Crippen LogP contribution in [0, 0.1) is 11.6 Å². The Morgan fingerprint density at radius 2 is 1.75 bits per heavy atom. The molecule has 0 spiro atoms. The molecule has 0 aliphatic carbocycles. The molecule has 8 heteroatoms. The van der Waals surface area contributed by atoms with Gasteiger partial charge in [-0.25, -0.2) is 13.8 Å². The number of rotatable bonds is 7. The molecule has 0 unspecified atom stereocenters. The molecule has 2 aromatic carbocycles. The standard InChI is InChI=1S/C24H25F2N5O/c25-18-9-15(10-19(26)11-18)13-29-22-12-23(30-14-21(22)24(27)32)31-20-3-1-16(2-4-20)17-5-7-28-8-6-17/h1-4,9-12,14,17,28H,5-8,13H2,(H2,27,32)(H2,29,30,31). The lowest BCUT2D eigenvalue weighted by Gasteiger charge is -2.23. The fourth-order valence-corrected chi connectivity index (χ4v) is 3.92. The smallest absolute Gasteiger partial charge is 0.252 e. The van der Waals surface area contributed by atoms with Crippen molar-refractivity contribution in [1.82, 2.24) is 10.3 Å². The first-order chi connectivity index (χ1) is 15.5. The molecule has 4 rings (SSSR count). The molecule has 0 bridgehead atoms. The second-order valence-corrected chi connectivity index (χ2v) is 7.88. The lowest BCUT2D eigenvalue weighted by atomic mass is 9.90. The fraction of sp³-hybridized carbons (Fsp3) is 0.250. The minimum absolute atomic E-state index is 0.114. The summed E-state index contributed by atoms with van der Waals surface area (Å²) >= 11 is 0. The minimum atomic E-state index is -0.665. The lowest BCUT2D eigenvalue weighted by Crippen LogP contribution is -2.26. The van der Waals surface area contributed by atoms with Gasteiger partial charge in [-0.2, -0.15) is 0 Å². The third-order valence-electron chi connectivity index (χ3n) is 5.57. The summed E-state index contributed by atoms with van der Waals surface area (Å²) in [5, 5.41) is 9.62. The Morgan fingerprint density at radius 3 is 2.41 bits per heavy atom. The Labute approximate surface area is 185 Å². The summed E-state index contributed by atoms with van der Waals surface area (Å²) in [6, 6.07) is 13.2. The topological polar surface area (TPSA) is 92.1 Å². The van der Waals surface area contributed by atoms with Crippen molar-refractivity contribution in [3.05, 3.63) is 83.1 Å². The van der Waals surface area contributed by atoms with Gasteiger partial charge in [-0.15, -0.1) is 0 Å². The highest BCUT2D eigenvalue weighted by Gasteiger charge is 2.15. The maximum Gasteiger partial charge on any atom is 0.252 e. The Kier molecular flexibility index (Phi) is 6.61. The van der Waals surface area contributed by atoms with E-state index in [0.29, 0.717) is 23.0 Å². The average Bonchev–Trinajstić information content (AvgIpc) is 2.78. The van der Waals surface area contributed by atoms with Crippen LogP contribution in [0.25, 0.3) is 0 Å². The van der Waals surface area contributed by atoms with E-state index in [1.165, 1.54) is 23.9 Å². The van der Waals surface area contributed by atoms with E-state index in [4.69, 9.17) is 5.73 Å². The van der Waals surface area contributed by atoms with E-state index in [0.717, 1.165) is 37.7 Å². The molecule has 2 heterocycles. The van der Waals surface area contributed by atoms with Crippen LogP contribution in [0.5, 0.6) is 0 Å². The monoisotopic (exact) mass is 437 g/mol. The molecule has 1 fully saturated rings. The molecule has 166 valence electrons. The first-order valence-corrected chi connectivity index (χ1v) is 10.5. The van der Waals surface area contributed by atoms with Gasteiger partial charge in [-0.05, 0) is 67.2 Å². The molecule has 0 radical (unpaired) electrons. The number of halogens is 2. The molecule has 1 aliphatic heterocycles. The van der Waals surface area contributed by atoms with E-state index in [9.17, 15) is 13.6 Å². The number of nitrogens with one attached hydrogen (secondary N) is 3. The number of anilines is 3. The first-order valence-electron chi connectivity index (χ1n) is 10.5. The van der Waals surface area contributed by atoms with Crippen molar-refractivity contribution >= 4 is 23.1 Å². The van der Waals surface area contributed by atoms with Crippen LogP contribution in [0.15, 0.2) is 54.7 Å². The van der Waals surface area contributed by atoms with Crippen LogP contribution >= 0.6 is 0 Å². The number of carbonyl (C=O) groups excluding carboxylic acids is 1. The number of nitrogens with zero attached hydrogens (tertiary/aromatic N) is 1. The van der Waals surface area contributed by atoms with E-state index >= 15 is 0 Å². The summed E-state index contributed by atoms with van der Waals surface area (Å²) in [7, 11) is 0. The summed E-state index contributed by atoms with van der Waals surface area (Å²) in [5.74, 6) is -0.897. The van der Waals surface area contributed by atoms with Gasteiger partial charge in [-0.1, -0.05) is 12.1 Å². The zero-order valence-electron chi connectivity index (χ0n) is 17.5. The summed E-state index contributed by atoms with van der Waals surface area (Å²) in [6.07, 6.45) is 3.64. The molecular weight excluding hydrogens is 412 g/mol. The fourth-order valence-electron chi connectivity index (χ4n) is 3.92. The van der Waals surface area contributed by atoms with Gasteiger partial charge in [0.15, 0.2) is 0 Å². The van der Waals surface area contributed by atoms with Gasteiger partial charge >= 0.3 is 0 Å². The van der Waals surface area contributed by atoms with Gasteiger partial charge in [0, 0.05) is 30.6 Å². The van der Waals surface area contributed by atoms with Gasteiger partial charge in [0.1, 0.15) is 17.5 Å². The van der Waals surface area contributed by atoms with E-state index < -0.39 is 17.5 Å². The number of hydrogen-bond acceptors (Lipinski definition) is 5. The van der Waals surface area contributed by atoms with E-state index in [2.05, 4.69) is 33.1 Å². The predicted molar refractivity (Wildman–Crippen MR) is 121 cm³/mol. The second kappa shape index (κ2) is 9.74. The molecule has 5 N–H and O–H groups in total. The Hall–Kier alpha value is -3.52. The third kappa shape index (κ3) is 5.39. The van der Waals surface area contributed by atoms with Crippen LogP contribution < -0.4 is 21.7 Å². The van der Waals surface area contributed by atoms with Gasteiger partial charge < -0.3 is 21.7 Å². The van der Waals surface area contributed by atoms with Gasteiger partial charge in [-0.3, -0.25) is 4.79 Å². The lowest BCUT2D eigenvalue weighted by molar-refractivity contribution is 0.100. The summed E-state index contributed by atoms with van der Waals surface area (Å²) in [6.45, 7) is 2.20. The normalized spacial score (nSPS) is 14.2. The average molecular weight is 437 g/mol. The quantitative estimate of drug-likeness (QED) is 0.443. The second-order valence-electron chi connectivity index (χ2n) is 7.88. The van der Waals surface area contributed by atoms with Gasteiger partial charge in [0.25, 0.3) is 5.91 Å². The van der Waals surface area contributed by atoms with Crippen LogP contribution in [0.1, 0.15) is 40.2 Å². The number of aromatic nitrogens is 1. The van der Waals surface area contributed by atoms with E-state index in [1.807, 2.05) is 12.1 Å². The number of benzene rings is 2. The number of piperidine rings is 1. The number of nitrogens with two attached hydrogens (primary N) is 1. The van der Waals surface area contributed by atoms with Crippen molar-refractivity contribution in [1.29, 1.82) is 0 Å². The van der Waals surface area contributed by atoms with Crippen molar-refractivity contribution in [3.8, 4) is 0 Å². The molecule has 1 aromatic heterocycles. The third-order valence-corrected chi connectivity index (χ3v) is 5.57. The highest BCUT2D eigenvalue weighted by Crippen LogP contribution is 2.27. The van der Waals surface area contributed by atoms with Gasteiger partial charge in [0.2, 0.25) is 0 Å². The number of pyridine rings is 1. The van der Waals surface area contributed by atoms with E-state index in [1.54, 1.807) is 6.07 Å². The van der Waals surface area contributed by atoms with Crippen molar-refractivity contribution in [2.75, 3.05) is 23.7 Å². The SMILES string of the molecule is NC(=O)c1cnc(Nc2ccc(C3CCNCC3)cc2)cc1NCc1cc(F)cc(F)c1. The van der Waals surface area contributed by atoms with Crippen molar-refractivity contribution in [2.45, 2.75) is 25.3 Å². The molecule has 0 saturated carbocycles. The summed E-state index contributed by atoms with van der Waals surface area (Å²) in [4.78, 5) is 16.1. The maximum atomic E-state index is 13.4. The molecule has 1 aliphatic rings. The molecule has 3 aromatic rings. The summed E-state index contributed by atoms with van der Waals surface area (Å²) in [5.41, 5.74) is 8.65. The molecule has 0 atom stereocenters. The van der Waals surface area contributed by atoms with Crippen LogP contribution in [0.3, 0.4) is 0 Å². The van der Waals surface area contributed by atoms with Crippen molar-refractivity contribution < 1.29 is 13.6 Å². The Bertz CT molecular complexity index is 1080.